The van der Waals surface area contributed by atoms with Crippen molar-refractivity contribution in [3.05, 3.63) is 35.1 Å². The second kappa shape index (κ2) is 5.96. The lowest BCUT2D eigenvalue weighted by Crippen LogP contribution is -2.12. The fraction of sp³-hybridized carbons (Fsp3) is 0.364. The van der Waals surface area contributed by atoms with Crippen LogP contribution in [0.4, 0.5) is 4.39 Å². The second-order valence-corrected chi connectivity index (χ2v) is 4.18. The number of aliphatic hydroxyl groups excluding tert-OH is 1. The van der Waals surface area contributed by atoms with Crippen molar-refractivity contribution in [2.75, 3.05) is 5.33 Å². The van der Waals surface area contributed by atoms with E-state index in [1.54, 1.807) is 6.07 Å². The van der Waals surface area contributed by atoms with Gasteiger partial charge in [-0.1, -0.05) is 28.1 Å². The molecule has 1 aromatic rings. The zero-order chi connectivity index (χ0) is 12.1. The number of rotatable bonds is 5. The smallest absolute Gasteiger partial charge is 0.337 e. The average Bonchev–Trinajstić information content (AvgIpc) is 2.25. The molecule has 0 saturated heterocycles. The molecule has 88 valence electrons. The van der Waals surface area contributed by atoms with Crippen LogP contribution in [0.15, 0.2) is 18.2 Å². The first-order valence-electron chi connectivity index (χ1n) is 4.81. The van der Waals surface area contributed by atoms with Gasteiger partial charge >= 0.3 is 5.97 Å². The van der Waals surface area contributed by atoms with Gasteiger partial charge in [0.25, 0.3) is 0 Å². The van der Waals surface area contributed by atoms with Gasteiger partial charge in [-0.2, -0.15) is 0 Å². The van der Waals surface area contributed by atoms with E-state index in [2.05, 4.69) is 15.9 Å². The molecule has 1 atom stereocenters. The van der Waals surface area contributed by atoms with Crippen LogP contribution in [0.1, 0.15) is 23.7 Å². The van der Waals surface area contributed by atoms with Crippen molar-refractivity contribution in [3.63, 3.8) is 0 Å². The van der Waals surface area contributed by atoms with Crippen LogP contribution in [-0.4, -0.2) is 21.5 Å². The van der Waals surface area contributed by atoms with E-state index in [1.807, 2.05) is 0 Å². The van der Waals surface area contributed by atoms with Crippen LogP contribution < -0.4 is 0 Å². The number of aryl methyl sites for hydroxylation is 1. The van der Waals surface area contributed by atoms with E-state index in [0.29, 0.717) is 6.42 Å². The minimum absolute atomic E-state index is 0.199. The summed E-state index contributed by atoms with van der Waals surface area (Å²) >= 11 is 3.27. The predicted molar refractivity (Wildman–Crippen MR) is 61.1 cm³/mol. The molecule has 0 aromatic heterocycles. The first-order chi connectivity index (χ1) is 7.56. The highest BCUT2D eigenvalue weighted by Gasteiger charge is 2.19. The van der Waals surface area contributed by atoms with E-state index >= 15 is 0 Å². The molecule has 0 radical (unpaired) electrons. The number of alkyl halides is 1. The molecule has 0 amide bonds. The lowest BCUT2D eigenvalue weighted by atomic mass is 10.0. The summed E-state index contributed by atoms with van der Waals surface area (Å²) in [4.78, 5) is 10.5. The third-order valence-corrected chi connectivity index (χ3v) is 2.75. The molecule has 0 heterocycles. The third kappa shape index (κ3) is 3.28. The average molecular weight is 291 g/mol. The summed E-state index contributed by atoms with van der Waals surface area (Å²) in [7, 11) is 0. The molecule has 2 N–H and O–H groups in total. The van der Waals surface area contributed by atoms with Gasteiger partial charge in [0.05, 0.1) is 0 Å². The summed E-state index contributed by atoms with van der Waals surface area (Å²) in [6.45, 7) is 0. The van der Waals surface area contributed by atoms with Gasteiger partial charge in [0.1, 0.15) is 5.82 Å². The second-order valence-electron chi connectivity index (χ2n) is 3.39. The van der Waals surface area contributed by atoms with Crippen LogP contribution in [0.3, 0.4) is 0 Å². The zero-order valence-electron chi connectivity index (χ0n) is 8.49. The van der Waals surface area contributed by atoms with Crippen molar-refractivity contribution >= 4 is 21.9 Å². The zero-order valence-corrected chi connectivity index (χ0v) is 10.1. The number of aliphatic carboxylic acids is 1. The van der Waals surface area contributed by atoms with E-state index in [-0.39, 0.29) is 5.56 Å². The Balaban J connectivity index is 2.87. The molecule has 5 heteroatoms. The molecule has 16 heavy (non-hydrogen) atoms. The fourth-order valence-corrected chi connectivity index (χ4v) is 1.63. The minimum atomic E-state index is -1.80. The summed E-state index contributed by atoms with van der Waals surface area (Å²) < 4.78 is 13.5. The molecule has 0 bridgehead atoms. The van der Waals surface area contributed by atoms with E-state index in [4.69, 9.17) is 5.11 Å². The van der Waals surface area contributed by atoms with Gasteiger partial charge in [0.2, 0.25) is 0 Å². The van der Waals surface area contributed by atoms with E-state index in [1.165, 1.54) is 12.1 Å². The van der Waals surface area contributed by atoms with Gasteiger partial charge in [-0.15, -0.1) is 0 Å². The first-order valence-corrected chi connectivity index (χ1v) is 5.93. The van der Waals surface area contributed by atoms with Gasteiger partial charge < -0.3 is 10.2 Å². The molecular formula is C11H12BrFO3. The van der Waals surface area contributed by atoms with E-state index in [9.17, 15) is 14.3 Å². The number of carbonyl (C=O) groups is 1. The molecule has 0 aliphatic heterocycles. The van der Waals surface area contributed by atoms with Gasteiger partial charge in [-0.25, -0.2) is 9.18 Å². The monoisotopic (exact) mass is 290 g/mol. The quantitative estimate of drug-likeness (QED) is 0.818. The van der Waals surface area contributed by atoms with Gasteiger partial charge in [-0.3, -0.25) is 0 Å². The highest BCUT2D eigenvalue weighted by atomic mass is 79.9. The Bertz CT molecular complexity index is 381. The predicted octanol–water partition coefficient (Wildman–Crippen LogP) is 2.27. The number of aliphatic hydroxyl groups is 1. The normalized spacial score (nSPS) is 12.4. The Morgan fingerprint density at radius 3 is 2.69 bits per heavy atom. The van der Waals surface area contributed by atoms with Gasteiger partial charge in [-0.05, 0) is 24.5 Å². The summed E-state index contributed by atoms with van der Waals surface area (Å²) in [6, 6.07) is 4.22. The lowest BCUT2D eigenvalue weighted by molar-refractivity contribution is -0.147. The Morgan fingerprint density at radius 1 is 1.50 bits per heavy atom. The van der Waals surface area contributed by atoms with Crippen molar-refractivity contribution in [1.82, 2.24) is 0 Å². The van der Waals surface area contributed by atoms with E-state index < -0.39 is 17.9 Å². The Hall–Kier alpha value is -0.940. The number of carboxylic acids is 1. The van der Waals surface area contributed by atoms with Crippen molar-refractivity contribution < 1.29 is 19.4 Å². The molecular weight excluding hydrogens is 279 g/mol. The number of halogens is 2. The molecule has 0 saturated carbocycles. The van der Waals surface area contributed by atoms with Crippen molar-refractivity contribution in [3.8, 4) is 0 Å². The molecule has 0 aliphatic carbocycles. The van der Waals surface area contributed by atoms with Crippen LogP contribution in [0.2, 0.25) is 0 Å². The number of carboxylic acid groups (broad SMARTS) is 1. The maximum Gasteiger partial charge on any atom is 0.337 e. The largest absolute Gasteiger partial charge is 0.479 e. The lowest BCUT2D eigenvalue weighted by Gasteiger charge is -2.08. The van der Waals surface area contributed by atoms with Crippen LogP contribution >= 0.6 is 15.9 Å². The van der Waals surface area contributed by atoms with Crippen molar-refractivity contribution in [1.29, 1.82) is 0 Å². The highest BCUT2D eigenvalue weighted by molar-refractivity contribution is 9.09. The maximum atomic E-state index is 13.5. The molecule has 0 spiro atoms. The fourth-order valence-electron chi connectivity index (χ4n) is 1.35. The Labute approximate surface area is 101 Å². The summed E-state index contributed by atoms with van der Waals surface area (Å²) in [5, 5.41) is 18.6. The van der Waals surface area contributed by atoms with Crippen LogP contribution in [-0.2, 0) is 11.2 Å². The topological polar surface area (TPSA) is 57.5 Å². The highest BCUT2D eigenvalue weighted by Crippen LogP contribution is 2.19. The SMILES string of the molecule is O=C(O)C(O)c1ccc(CCCBr)cc1F. The van der Waals surface area contributed by atoms with Crippen molar-refractivity contribution in [2.24, 2.45) is 0 Å². The standard InChI is InChI=1S/C11H12BrFO3/c12-5-1-2-7-3-4-8(9(13)6-7)10(14)11(15)16/h3-4,6,10,14H,1-2,5H2,(H,15,16). The molecule has 1 unspecified atom stereocenters. The van der Waals surface area contributed by atoms with Gasteiger partial charge in [0, 0.05) is 10.9 Å². The number of hydrogen-bond donors (Lipinski definition) is 2. The van der Waals surface area contributed by atoms with Crippen molar-refractivity contribution in [2.45, 2.75) is 18.9 Å². The number of benzene rings is 1. The molecule has 0 fully saturated rings. The maximum absolute atomic E-state index is 13.5. The molecule has 1 rings (SSSR count). The summed E-state index contributed by atoms with van der Waals surface area (Å²) in [5.41, 5.74) is 0.591. The summed E-state index contributed by atoms with van der Waals surface area (Å²) in [6.07, 6.45) is -0.212. The van der Waals surface area contributed by atoms with Crippen LogP contribution in [0.5, 0.6) is 0 Å². The third-order valence-electron chi connectivity index (χ3n) is 2.19. The molecule has 1 aromatic carbocycles. The minimum Gasteiger partial charge on any atom is -0.479 e. The Kier molecular flexibility index (Phi) is 4.89. The molecule has 3 nitrogen and oxygen atoms in total. The number of hydrogen-bond acceptors (Lipinski definition) is 2. The Morgan fingerprint density at radius 2 is 2.19 bits per heavy atom. The van der Waals surface area contributed by atoms with Crippen LogP contribution in [0.25, 0.3) is 0 Å². The van der Waals surface area contributed by atoms with E-state index in [0.717, 1.165) is 17.3 Å². The van der Waals surface area contributed by atoms with Gasteiger partial charge in [0.15, 0.2) is 6.10 Å². The molecule has 0 aliphatic rings. The summed E-state index contributed by atoms with van der Waals surface area (Å²) in [5.74, 6) is -2.13. The van der Waals surface area contributed by atoms with Crippen LogP contribution in [0, 0.1) is 5.82 Å². The first kappa shape index (κ1) is 13.1.